The largest absolute Gasteiger partial charge is 0.290 e. The Labute approximate surface area is 114 Å². The van der Waals surface area contributed by atoms with Crippen LogP contribution in [0.4, 0.5) is 0 Å². The molecule has 0 amide bonds. The Bertz CT molecular complexity index is 474. The molecule has 94 valence electrons. The third-order valence-corrected chi connectivity index (χ3v) is 2.93. The van der Waals surface area contributed by atoms with Crippen molar-refractivity contribution in [2.45, 2.75) is 20.0 Å². The fraction of sp³-hybridized carbons (Fsp3) is 0.333. The van der Waals surface area contributed by atoms with E-state index in [0.717, 1.165) is 35.8 Å². The number of aromatic nitrogens is 4. The van der Waals surface area contributed by atoms with Crippen LogP contribution < -0.4 is 0 Å². The molecule has 6 heteroatoms. The summed E-state index contributed by atoms with van der Waals surface area (Å²) >= 11 is 3.28. The van der Waals surface area contributed by atoms with Gasteiger partial charge in [-0.15, -0.1) is 5.10 Å². The standard InChI is InChI=1S/C12H14BrN5/c1-2-18(9-12-14-6-3-7-15-12)8-10-4-5-11(13)17-16-10/h3-7H,2,8-9H2,1H3. The molecule has 0 saturated heterocycles. The van der Waals surface area contributed by atoms with Crippen molar-refractivity contribution in [2.24, 2.45) is 0 Å². The van der Waals surface area contributed by atoms with Crippen molar-refractivity contribution in [2.75, 3.05) is 6.54 Å². The molecule has 2 rings (SSSR count). The SMILES string of the molecule is CCN(Cc1ccc(Br)nn1)Cc1ncccn1. The lowest BCUT2D eigenvalue weighted by Gasteiger charge is -2.18. The fourth-order valence-corrected chi connectivity index (χ4v) is 1.76. The third-order valence-electron chi connectivity index (χ3n) is 2.50. The zero-order valence-corrected chi connectivity index (χ0v) is 11.7. The Morgan fingerprint density at radius 1 is 1.11 bits per heavy atom. The van der Waals surface area contributed by atoms with Gasteiger partial charge in [-0.25, -0.2) is 9.97 Å². The van der Waals surface area contributed by atoms with E-state index in [-0.39, 0.29) is 0 Å². The van der Waals surface area contributed by atoms with Gasteiger partial charge in [-0.05, 0) is 40.7 Å². The molecular weight excluding hydrogens is 294 g/mol. The molecule has 0 saturated carbocycles. The fourth-order valence-electron chi connectivity index (χ4n) is 1.55. The highest BCUT2D eigenvalue weighted by molar-refractivity contribution is 9.10. The van der Waals surface area contributed by atoms with E-state index < -0.39 is 0 Å². The zero-order valence-electron chi connectivity index (χ0n) is 10.1. The summed E-state index contributed by atoms with van der Waals surface area (Å²) in [6.45, 7) is 4.48. The number of hydrogen-bond donors (Lipinski definition) is 0. The van der Waals surface area contributed by atoms with Crippen molar-refractivity contribution >= 4 is 15.9 Å². The highest BCUT2D eigenvalue weighted by Crippen LogP contribution is 2.07. The molecule has 0 atom stereocenters. The van der Waals surface area contributed by atoms with Crippen molar-refractivity contribution in [3.8, 4) is 0 Å². The summed E-state index contributed by atoms with van der Waals surface area (Å²) in [5.41, 5.74) is 0.941. The summed E-state index contributed by atoms with van der Waals surface area (Å²) in [5.74, 6) is 0.824. The Balaban J connectivity index is 1.99. The summed E-state index contributed by atoms with van der Waals surface area (Å²) in [5, 5.41) is 8.11. The maximum Gasteiger partial charge on any atom is 0.142 e. The minimum atomic E-state index is 0.717. The second-order valence-electron chi connectivity index (χ2n) is 3.82. The molecule has 0 N–H and O–H groups in total. The molecular formula is C12H14BrN5. The topological polar surface area (TPSA) is 54.8 Å². The van der Waals surface area contributed by atoms with Crippen molar-refractivity contribution in [1.82, 2.24) is 25.1 Å². The molecule has 2 aromatic rings. The van der Waals surface area contributed by atoms with Crippen LogP contribution in [0.25, 0.3) is 0 Å². The lowest BCUT2D eigenvalue weighted by atomic mass is 10.3. The van der Waals surface area contributed by atoms with Crippen LogP contribution in [0.2, 0.25) is 0 Å². The number of hydrogen-bond acceptors (Lipinski definition) is 5. The minimum Gasteiger partial charge on any atom is -0.290 e. The molecule has 0 unspecified atom stereocenters. The number of halogens is 1. The van der Waals surface area contributed by atoms with Gasteiger partial charge < -0.3 is 0 Å². The number of rotatable bonds is 5. The van der Waals surface area contributed by atoms with E-state index in [1.807, 2.05) is 18.2 Å². The van der Waals surface area contributed by atoms with E-state index in [2.05, 4.69) is 47.9 Å². The lowest BCUT2D eigenvalue weighted by molar-refractivity contribution is 0.260. The first kappa shape index (κ1) is 13.0. The summed E-state index contributed by atoms with van der Waals surface area (Å²) in [6, 6.07) is 5.68. The van der Waals surface area contributed by atoms with Crippen LogP contribution in [0.5, 0.6) is 0 Å². The lowest BCUT2D eigenvalue weighted by Crippen LogP contribution is -2.24. The van der Waals surface area contributed by atoms with Crippen LogP contribution in [0.1, 0.15) is 18.4 Å². The first-order valence-electron chi connectivity index (χ1n) is 5.74. The van der Waals surface area contributed by atoms with Gasteiger partial charge in [-0.1, -0.05) is 6.92 Å². The van der Waals surface area contributed by atoms with Gasteiger partial charge in [0.2, 0.25) is 0 Å². The van der Waals surface area contributed by atoms with E-state index in [1.54, 1.807) is 12.4 Å². The Morgan fingerprint density at radius 3 is 2.50 bits per heavy atom. The van der Waals surface area contributed by atoms with Gasteiger partial charge in [0.25, 0.3) is 0 Å². The van der Waals surface area contributed by atoms with E-state index in [0.29, 0.717) is 0 Å². The summed E-state index contributed by atoms with van der Waals surface area (Å²) in [7, 11) is 0. The van der Waals surface area contributed by atoms with Gasteiger partial charge >= 0.3 is 0 Å². The van der Waals surface area contributed by atoms with E-state index in [4.69, 9.17) is 0 Å². The molecule has 0 aliphatic rings. The normalized spacial score (nSPS) is 10.8. The third kappa shape index (κ3) is 3.82. The van der Waals surface area contributed by atoms with E-state index in [9.17, 15) is 0 Å². The van der Waals surface area contributed by atoms with Gasteiger partial charge in [-0.2, -0.15) is 5.10 Å². The predicted molar refractivity (Wildman–Crippen MR) is 71.6 cm³/mol. The molecule has 0 aliphatic heterocycles. The molecule has 18 heavy (non-hydrogen) atoms. The first-order valence-corrected chi connectivity index (χ1v) is 6.53. The summed E-state index contributed by atoms with van der Waals surface area (Å²) in [6.07, 6.45) is 3.52. The van der Waals surface area contributed by atoms with E-state index >= 15 is 0 Å². The van der Waals surface area contributed by atoms with Crippen LogP contribution >= 0.6 is 15.9 Å². The molecule has 0 aromatic carbocycles. The average Bonchev–Trinajstić information content (AvgIpc) is 2.41. The average molecular weight is 308 g/mol. The Morgan fingerprint density at radius 2 is 1.89 bits per heavy atom. The minimum absolute atomic E-state index is 0.717. The maximum atomic E-state index is 4.23. The molecule has 2 aromatic heterocycles. The molecule has 0 radical (unpaired) electrons. The van der Waals surface area contributed by atoms with Crippen molar-refractivity contribution in [3.63, 3.8) is 0 Å². The number of nitrogens with zero attached hydrogens (tertiary/aromatic N) is 5. The molecule has 0 bridgehead atoms. The molecule has 0 aliphatic carbocycles. The Kier molecular flexibility index (Phi) is 4.72. The second kappa shape index (κ2) is 6.51. The quantitative estimate of drug-likeness (QED) is 0.846. The van der Waals surface area contributed by atoms with Gasteiger partial charge in [-0.3, -0.25) is 4.90 Å². The highest BCUT2D eigenvalue weighted by atomic mass is 79.9. The second-order valence-corrected chi connectivity index (χ2v) is 4.63. The first-order chi connectivity index (χ1) is 8.78. The van der Waals surface area contributed by atoms with Crippen LogP contribution in [0.3, 0.4) is 0 Å². The zero-order chi connectivity index (χ0) is 12.8. The van der Waals surface area contributed by atoms with Gasteiger partial charge in [0.05, 0.1) is 12.2 Å². The van der Waals surface area contributed by atoms with Gasteiger partial charge in [0.15, 0.2) is 0 Å². The van der Waals surface area contributed by atoms with E-state index in [1.165, 1.54) is 0 Å². The van der Waals surface area contributed by atoms with Crippen molar-refractivity contribution < 1.29 is 0 Å². The van der Waals surface area contributed by atoms with Crippen LogP contribution in [0, 0.1) is 0 Å². The van der Waals surface area contributed by atoms with Gasteiger partial charge in [0.1, 0.15) is 10.4 Å². The molecule has 5 nitrogen and oxygen atoms in total. The monoisotopic (exact) mass is 307 g/mol. The summed E-state index contributed by atoms with van der Waals surface area (Å²) < 4.78 is 0.751. The smallest absolute Gasteiger partial charge is 0.142 e. The molecule has 0 spiro atoms. The van der Waals surface area contributed by atoms with Gasteiger partial charge in [0, 0.05) is 18.9 Å². The molecule has 0 fully saturated rings. The van der Waals surface area contributed by atoms with Crippen molar-refractivity contribution in [3.05, 3.63) is 46.7 Å². The van der Waals surface area contributed by atoms with Crippen LogP contribution in [0.15, 0.2) is 35.2 Å². The van der Waals surface area contributed by atoms with Crippen LogP contribution in [-0.4, -0.2) is 31.6 Å². The van der Waals surface area contributed by atoms with Crippen LogP contribution in [-0.2, 0) is 13.1 Å². The summed E-state index contributed by atoms with van der Waals surface area (Å²) in [4.78, 5) is 10.7. The molecule has 2 heterocycles. The predicted octanol–water partition coefficient (Wildman–Crippen LogP) is 2.05. The maximum absolute atomic E-state index is 4.23. The Hall–Kier alpha value is -1.40. The highest BCUT2D eigenvalue weighted by Gasteiger charge is 2.07. The van der Waals surface area contributed by atoms with Crippen molar-refractivity contribution in [1.29, 1.82) is 0 Å².